The van der Waals surface area contributed by atoms with E-state index in [-0.39, 0.29) is 5.60 Å². The molecule has 168 valence electrons. The van der Waals surface area contributed by atoms with Crippen molar-refractivity contribution >= 4 is 0 Å². The van der Waals surface area contributed by atoms with Crippen LogP contribution < -0.4 is 10.1 Å². The van der Waals surface area contributed by atoms with E-state index in [1.807, 2.05) is 0 Å². The van der Waals surface area contributed by atoms with Gasteiger partial charge in [-0.1, -0.05) is 60.1 Å². The molecule has 1 aromatic carbocycles. The third-order valence-corrected chi connectivity index (χ3v) is 6.27. The zero-order valence-corrected chi connectivity index (χ0v) is 20.4. The molecule has 0 radical (unpaired) electrons. The van der Waals surface area contributed by atoms with Crippen molar-refractivity contribution in [1.29, 1.82) is 0 Å². The Kier molecular flexibility index (Phi) is 11.3. The Morgan fingerprint density at radius 1 is 0.966 bits per heavy atom. The Balaban J connectivity index is 2.26. The first kappa shape index (κ1) is 26.0. The van der Waals surface area contributed by atoms with Crippen LogP contribution in [0.3, 0.4) is 0 Å². The van der Waals surface area contributed by atoms with Gasteiger partial charge < -0.3 is 14.8 Å². The summed E-state index contributed by atoms with van der Waals surface area (Å²) in [7, 11) is 0. The summed E-state index contributed by atoms with van der Waals surface area (Å²) in [6.07, 6.45) is 4.54. The second-order valence-electron chi connectivity index (χ2n) is 10.3. The molecule has 3 nitrogen and oxygen atoms in total. The average Bonchev–Trinajstić information content (AvgIpc) is 2.64. The highest BCUT2D eigenvalue weighted by Gasteiger charge is 2.24. The standard InChI is InChI=1S/C26H47NO2/c1-9-10-22(4)20-28-24-13-11-23(12-14-24)19-27-17-15-26(7,8)29-18-16-25(5,6)21(2)3/h11-14,21-22,27H,9-10,15-20H2,1-8H3. The van der Waals surface area contributed by atoms with Crippen LogP contribution in [0.25, 0.3) is 0 Å². The van der Waals surface area contributed by atoms with E-state index in [9.17, 15) is 0 Å². The zero-order valence-electron chi connectivity index (χ0n) is 20.4. The second kappa shape index (κ2) is 12.6. The number of ether oxygens (including phenoxy) is 2. The van der Waals surface area contributed by atoms with Crippen LogP contribution in [0.5, 0.6) is 5.75 Å². The number of hydrogen-bond acceptors (Lipinski definition) is 3. The van der Waals surface area contributed by atoms with Crippen molar-refractivity contribution < 1.29 is 9.47 Å². The first-order valence-electron chi connectivity index (χ1n) is 11.6. The van der Waals surface area contributed by atoms with E-state index in [1.165, 1.54) is 18.4 Å². The molecule has 1 N–H and O–H groups in total. The van der Waals surface area contributed by atoms with Gasteiger partial charge in [0, 0.05) is 13.2 Å². The predicted octanol–water partition coefficient (Wildman–Crippen LogP) is 6.85. The van der Waals surface area contributed by atoms with Crippen LogP contribution in [0.1, 0.15) is 86.6 Å². The molecule has 0 aromatic heterocycles. The molecule has 0 aliphatic carbocycles. The fourth-order valence-corrected chi connectivity index (χ4v) is 3.09. The summed E-state index contributed by atoms with van der Waals surface area (Å²) < 4.78 is 12.1. The zero-order chi connectivity index (χ0) is 21.9. The van der Waals surface area contributed by atoms with Gasteiger partial charge in [0.15, 0.2) is 0 Å². The van der Waals surface area contributed by atoms with Crippen molar-refractivity contribution in [2.75, 3.05) is 19.8 Å². The van der Waals surface area contributed by atoms with Gasteiger partial charge in [-0.2, -0.15) is 0 Å². The van der Waals surface area contributed by atoms with Crippen LogP contribution in [0, 0.1) is 17.3 Å². The average molecular weight is 406 g/mol. The highest BCUT2D eigenvalue weighted by Crippen LogP contribution is 2.30. The molecule has 0 amide bonds. The third-order valence-electron chi connectivity index (χ3n) is 6.27. The SMILES string of the molecule is CCCC(C)COc1ccc(CNCCC(C)(C)OCCC(C)(C)C(C)C)cc1. The highest BCUT2D eigenvalue weighted by atomic mass is 16.5. The van der Waals surface area contributed by atoms with Gasteiger partial charge in [0.05, 0.1) is 12.2 Å². The highest BCUT2D eigenvalue weighted by molar-refractivity contribution is 5.27. The van der Waals surface area contributed by atoms with E-state index < -0.39 is 0 Å². The van der Waals surface area contributed by atoms with Gasteiger partial charge in [0.2, 0.25) is 0 Å². The summed E-state index contributed by atoms with van der Waals surface area (Å²) in [6.45, 7) is 21.6. The minimum atomic E-state index is -0.0903. The maximum absolute atomic E-state index is 6.19. The normalized spacial score (nSPS) is 13.7. The molecule has 0 aliphatic heterocycles. The molecule has 1 atom stereocenters. The van der Waals surface area contributed by atoms with Gasteiger partial charge in [-0.25, -0.2) is 0 Å². The van der Waals surface area contributed by atoms with Gasteiger partial charge in [-0.3, -0.25) is 0 Å². The largest absolute Gasteiger partial charge is 0.493 e. The monoisotopic (exact) mass is 405 g/mol. The Morgan fingerprint density at radius 3 is 2.21 bits per heavy atom. The predicted molar refractivity (Wildman–Crippen MR) is 126 cm³/mol. The van der Waals surface area contributed by atoms with Gasteiger partial charge in [0.25, 0.3) is 0 Å². The Bertz CT molecular complexity index is 548. The van der Waals surface area contributed by atoms with E-state index >= 15 is 0 Å². The molecule has 1 rings (SSSR count). The summed E-state index contributed by atoms with van der Waals surface area (Å²) in [4.78, 5) is 0. The molecular formula is C26H47NO2. The van der Waals surface area contributed by atoms with Crippen molar-refractivity contribution in [3.05, 3.63) is 29.8 Å². The van der Waals surface area contributed by atoms with Gasteiger partial charge in [0.1, 0.15) is 5.75 Å². The smallest absolute Gasteiger partial charge is 0.119 e. The fraction of sp³-hybridized carbons (Fsp3) is 0.769. The first-order valence-corrected chi connectivity index (χ1v) is 11.6. The first-order chi connectivity index (χ1) is 13.6. The molecule has 0 heterocycles. The minimum Gasteiger partial charge on any atom is -0.493 e. The van der Waals surface area contributed by atoms with E-state index in [4.69, 9.17) is 9.47 Å². The maximum atomic E-state index is 6.19. The lowest BCUT2D eigenvalue weighted by molar-refractivity contribution is -0.0375. The van der Waals surface area contributed by atoms with Crippen LogP contribution >= 0.6 is 0 Å². The fourth-order valence-electron chi connectivity index (χ4n) is 3.09. The lowest BCUT2D eigenvalue weighted by Gasteiger charge is -2.32. The lowest BCUT2D eigenvalue weighted by atomic mass is 9.78. The molecule has 1 aromatic rings. The third kappa shape index (κ3) is 11.1. The molecule has 0 fully saturated rings. The maximum Gasteiger partial charge on any atom is 0.119 e. The van der Waals surface area contributed by atoms with Crippen molar-refractivity contribution in [1.82, 2.24) is 5.32 Å². The van der Waals surface area contributed by atoms with E-state index in [2.05, 4.69) is 85.0 Å². The second-order valence-corrected chi connectivity index (χ2v) is 10.3. The van der Waals surface area contributed by atoms with Crippen molar-refractivity contribution in [2.24, 2.45) is 17.3 Å². The summed E-state index contributed by atoms with van der Waals surface area (Å²) >= 11 is 0. The van der Waals surface area contributed by atoms with Crippen LogP contribution in [-0.2, 0) is 11.3 Å². The Labute approximate surface area is 181 Å². The van der Waals surface area contributed by atoms with Crippen molar-refractivity contribution in [3.63, 3.8) is 0 Å². The van der Waals surface area contributed by atoms with E-state index in [0.717, 1.165) is 44.9 Å². The van der Waals surface area contributed by atoms with Gasteiger partial charge in [-0.15, -0.1) is 0 Å². The molecule has 0 saturated heterocycles. The van der Waals surface area contributed by atoms with Crippen molar-refractivity contribution in [3.8, 4) is 5.75 Å². The van der Waals surface area contributed by atoms with Gasteiger partial charge in [-0.05, 0) is 74.6 Å². The minimum absolute atomic E-state index is 0.0903. The number of rotatable bonds is 15. The lowest BCUT2D eigenvalue weighted by Crippen LogP contribution is -2.32. The number of hydrogen-bond donors (Lipinski definition) is 1. The van der Waals surface area contributed by atoms with Crippen LogP contribution in [-0.4, -0.2) is 25.4 Å². The van der Waals surface area contributed by atoms with Crippen LogP contribution in [0.2, 0.25) is 0 Å². The molecular weight excluding hydrogens is 358 g/mol. The topological polar surface area (TPSA) is 30.5 Å². The quantitative estimate of drug-likeness (QED) is 0.324. The van der Waals surface area contributed by atoms with E-state index in [1.54, 1.807) is 0 Å². The molecule has 3 heteroatoms. The molecule has 0 spiro atoms. The number of benzene rings is 1. The summed E-state index contributed by atoms with van der Waals surface area (Å²) in [6, 6.07) is 8.48. The summed E-state index contributed by atoms with van der Waals surface area (Å²) in [5.41, 5.74) is 1.53. The Hall–Kier alpha value is -1.06. The molecule has 0 saturated carbocycles. The molecule has 0 bridgehead atoms. The van der Waals surface area contributed by atoms with Crippen LogP contribution in [0.4, 0.5) is 0 Å². The summed E-state index contributed by atoms with van der Waals surface area (Å²) in [5.74, 6) is 2.26. The number of nitrogens with one attached hydrogen (secondary N) is 1. The molecule has 1 unspecified atom stereocenters. The van der Waals surface area contributed by atoms with Crippen LogP contribution in [0.15, 0.2) is 24.3 Å². The van der Waals surface area contributed by atoms with Crippen molar-refractivity contribution in [2.45, 2.75) is 93.2 Å². The Morgan fingerprint density at radius 2 is 1.62 bits per heavy atom. The summed E-state index contributed by atoms with van der Waals surface area (Å²) in [5, 5.41) is 3.55. The van der Waals surface area contributed by atoms with E-state index in [0.29, 0.717) is 17.3 Å². The van der Waals surface area contributed by atoms with Gasteiger partial charge >= 0.3 is 0 Å². The molecule has 0 aliphatic rings. The molecule has 29 heavy (non-hydrogen) atoms.